The van der Waals surface area contributed by atoms with Gasteiger partial charge in [-0.2, -0.15) is 10.2 Å². The zero-order chi connectivity index (χ0) is 15.9. The van der Waals surface area contributed by atoms with Crippen LogP contribution >= 0.6 is 0 Å². The summed E-state index contributed by atoms with van der Waals surface area (Å²) in [6.07, 6.45) is 0. The summed E-state index contributed by atoms with van der Waals surface area (Å²) in [5.74, 6) is 0. The first-order valence-corrected chi connectivity index (χ1v) is 7.62. The van der Waals surface area contributed by atoms with Gasteiger partial charge < -0.3 is 4.74 Å². The molecular weight excluding hydrogens is 290 g/mol. The largest absolute Gasteiger partial charge is 0.378 e. The van der Waals surface area contributed by atoms with E-state index in [1.807, 2.05) is 60.5 Å². The molecule has 1 saturated heterocycles. The van der Waals surface area contributed by atoms with Crippen LogP contribution in [0, 0.1) is 6.92 Å². The highest BCUT2D eigenvalue weighted by atomic mass is 16.5. The van der Waals surface area contributed by atoms with Crippen LogP contribution in [0.25, 0.3) is 0 Å². The monoisotopic (exact) mass is 309 g/mol. The van der Waals surface area contributed by atoms with E-state index in [4.69, 9.17) is 4.74 Å². The molecular formula is C17H19N5O. The van der Waals surface area contributed by atoms with Gasteiger partial charge in [-0.25, -0.2) is 0 Å². The fraction of sp³-hybridized carbons (Fsp3) is 0.294. The Labute approximate surface area is 135 Å². The SMILES string of the molecule is Cc1ccc(N=Nc2ccc(N=NN3CCOCC3)cc2)cc1. The van der Waals surface area contributed by atoms with E-state index in [1.165, 1.54) is 5.56 Å². The highest BCUT2D eigenvalue weighted by Crippen LogP contribution is 2.22. The summed E-state index contributed by atoms with van der Waals surface area (Å²) in [6.45, 7) is 5.03. The van der Waals surface area contributed by atoms with E-state index in [0.717, 1.165) is 30.2 Å². The normalized spacial score (nSPS) is 15.6. The number of morpholine rings is 1. The summed E-state index contributed by atoms with van der Waals surface area (Å²) in [6, 6.07) is 15.5. The van der Waals surface area contributed by atoms with Gasteiger partial charge in [0, 0.05) is 0 Å². The van der Waals surface area contributed by atoms with E-state index in [-0.39, 0.29) is 0 Å². The van der Waals surface area contributed by atoms with Gasteiger partial charge in [0.25, 0.3) is 0 Å². The standard InChI is InChI=1S/C17H19N5O/c1-14-2-4-15(5-3-14)18-19-16-6-8-17(9-7-16)20-21-22-10-12-23-13-11-22/h2-9H,10-13H2,1H3. The van der Waals surface area contributed by atoms with Crippen molar-refractivity contribution >= 4 is 17.1 Å². The zero-order valence-electron chi connectivity index (χ0n) is 13.1. The van der Waals surface area contributed by atoms with E-state index >= 15 is 0 Å². The van der Waals surface area contributed by atoms with Gasteiger partial charge in [-0.3, -0.25) is 5.01 Å². The lowest BCUT2D eigenvalue weighted by Gasteiger charge is -2.22. The van der Waals surface area contributed by atoms with Gasteiger partial charge in [0.1, 0.15) is 0 Å². The van der Waals surface area contributed by atoms with Crippen LogP contribution in [0.15, 0.2) is 69.1 Å². The van der Waals surface area contributed by atoms with Crippen LogP contribution < -0.4 is 0 Å². The molecule has 0 atom stereocenters. The summed E-state index contributed by atoms with van der Waals surface area (Å²) in [5.41, 5.74) is 3.63. The molecule has 1 fully saturated rings. The van der Waals surface area contributed by atoms with Crippen LogP contribution in [0.3, 0.4) is 0 Å². The number of ether oxygens (including phenoxy) is 1. The van der Waals surface area contributed by atoms with Crippen molar-refractivity contribution in [1.29, 1.82) is 0 Å². The van der Waals surface area contributed by atoms with Crippen molar-refractivity contribution in [3.8, 4) is 0 Å². The fourth-order valence-electron chi connectivity index (χ4n) is 2.07. The van der Waals surface area contributed by atoms with Gasteiger partial charge in [-0.1, -0.05) is 22.9 Å². The molecule has 6 heteroatoms. The number of aryl methyl sites for hydroxylation is 1. The van der Waals surface area contributed by atoms with Crippen LogP contribution in [-0.4, -0.2) is 31.3 Å². The number of nitrogens with zero attached hydrogens (tertiary/aromatic N) is 5. The third-order valence-corrected chi connectivity index (χ3v) is 3.44. The van der Waals surface area contributed by atoms with Gasteiger partial charge in [-0.05, 0) is 43.3 Å². The summed E-state index contributed by atoms with van der Waals surface area (Å²) in [4.78, 5) is 0. The molecule has 23 heavy (non-hydrogen) atoms. The van der Waals surface area contributed by atoms with Crippen LogP contribution in [0.5, 0.6) is 0 Å². The summed E-state index contributed by atoms with van der Waals surface area (Å²) >= 11 is 0. The molecule has 0 aliphatic carbocycles. The van der Waals surface area contributed by atoms with E-state index in [1.54, 1.807) is 0 Å². The predicted octanol–water partition coefficient (Wildman–Crippen LogP) is 4.74. The molecule has 0 N–H and O–H groups in total. The minimum absolute atomic E-state index is 0.706. The summed E-state index contributed by atoms with van der Waals surface area (Å²) < 4.78 is 5.27. The number of azo groups is 1. The van der Waals surface area contributed by atoms with Crippen LogP contribution in [0.2, 0.25) is 0 Å². The second-order valence-corrected chi connectivity index (χ2v) is 5.31. The third-order valence-electron chi connectivity index (χ3n) is 3.44. The molecule has 2 aromatic rings. The Balaban J connectivity index is 1.60. The van der Waals surface area contributed by atoms with Gasteiger partial charge in [-0.15, -0.1) is 5.11 Å². The molecule has 0 saturated carbocycles. The van der Waals surface area contributed by atoms with Crippen LogP contribution in [-0.2, 0) is 4.74 Å². The average molecular weight is 309 g/mol. The second-order valence-electron chi connectivity index (χ2n) is 5.31. The lowest BCUT2D eigenvalue weighted by molar-refractivity contribution is 0.0354. The lowest BCUT2D eigenvalue weighted by Crippen LogP contribution is -2.31. The van der Waals surface area contributed by atoms with Crippen molar-refractivity contribution in [1.82, 2.24) is 5.01 Å². The van der Waals surface area contributed by atoms with Gasteiger partial charge >= 0.3 is 0 Å². The van der Waals surface area contributed by atoms with Crippen molar-refractivity contribution < 1.29 is 4.74 Å². The Morgan fingerprint density at radius 2 is 1.22 bits per heavy atom. The molecule has 3 rings (SSSR count). The molecule has 1 heterocycles. The lowest BCUT2D eigenvalue weighted by atomic mass is 10.2. The minimum atomic E-state index is 0.706. The Kier molecular flexibility index (Phi) is 5.06. The zero-order valence-corrected chi connectivity index (χ0v) is 13.1. The maximum Gasteiger partial charge on any atom is 0.0875 e. The molecule has 0 bridgehead atoms. The molecule has 1 aliphatic heterocycles. The van der Waals surface area contributed by atoms with Crippen molar-refractivity contribution in [2.45, 2.75) is 6.92 Å². The van der Waals surface area contributed by atoms with Crippen molar-refractivity contribution in [2.24, 2.45) is 20.6 Å². The first-order chi connectivity index (χ1) is 11.3. The molecule has 0 amide bonds. The topological polar surface area (TPSA) is 61.9 Å². The Hall–Kier alpha value is -2.60. The van der Waals surface area contributed by atoms with E-state index in [9.17, 15) is 0 Å². The number of benzene rings is 2. The van der Waals surface area contributed by atoms with E-state index in [0.29, 0.717) is 13.2 Å². The van der Waals surface area contributed by atoms with Gasteiger partial charge in [0.15, 0.2) is 0 Å². The fourth-order valence-corrected chi connectivity index (χ4v) is 2.07. The Morgan fingerprint density at radius 3 is 1.78 bits per heavy atom. The maximum absolute atomic E-state index is 5.27. The quantitative estimate of drug-likeness (QED) is 0.766. The van der Waals surface area contributed by atoms with E-state index in [2.05, 4.69) is 20.6 Å². The third kappa shape index (κ3) is 4.69. The molecule has 6 nitrogen and oxygen atoms in total. The van der Waals surface area contributed by atoms with Crippen molar-refractivity contribution in [2.75, 3.05) is 26.3 Å². The summed E-state index contributed by atoms with van der Waals surface area (Å²) in [5, 5.41) is 18.8. The predicted molar refractivity (Wildman–Crippen MR) is 88.7 cm³/mol. The minimum Gasteiger partial charge on any atom is -0.378 e. The van der Waals surface area contributed by atoms with Crippen LogP contribution in [0.4, 0.5) is 17.1 Å². The second kappa shape index (κ2) is 7.60. The van der Waals surface area contributed by atoms with Gasteiger partial charge in [0.2, 0.25) is 0 Å². The van der Waals surface area contributed by atoms with Crippen molar-refractivity contribution in [3.05, 3.63) is 54.1 Å². The number of rotatable bonds is 4. The molecule has 118 valence electrons. The van der Waals surface area contributed by atoms with E-state index < -0.39 is 0 Å². The first-order valence-electron chi connectivity index (χ1n) is 7.62. The van der Waals surface area contributed by atoms with Crippen molar-refractivity contribution in [3.63, 3.8) is 0 Å². The smallest absolute Gasteiger partial charge is 0.0875 e. The highest BCUT2D eigenvalue weighted by molar-refractivity contribution is 5.47. The Morgan fingerprint density at radius 1 is 0.739 bits per heavy atom. The molecule has 0 unspecified atom stereocenters. The molecule has 0 spiro atoms. The molecule has 0 radical (unpaired) electrons. The number of hydrogen-bond donors (Lipinski definition) is 0. The maximum atomic E-state index is 5.27. The molecule has 1 aliphatic rings. The summed E-state index contributed by atoms with van der Waals surface area (Å²) in [7, 11) is 0. The Bertz CT molecular complexity index is 673. The first kappa shape index (κ1) is 15.3. The highest BCUT2D eigenvalue weighted by Gasteiger charge is 2.06. The van der Waals surface area contributed by atoms with Gasteiger partial charge in [0.05, 0.1) is 43.4 Å². The molecule has 2 aromatic carbocycles. The van der Waals surface area contributed by atoms with Crippen LogP contribution in [0.1, 0.15) is 5.56 Å². The molecule has 0 aromatic heterocycles. The number of hydrogen-bond acceptors (Lipinski definition) is 5. The average Bonchev–Trinajstić information content (AvgIpc) is 2.61.